The van der Waals surface area contributed by atoms with E-state index in [0.29, 0.717) is 11.1 Å². The van der Waals surface area contributed by atoms with Crippen LogP contribution in [0.2, 0.25) is 0 Å². The zero-order valence-electron chi connectivity index (χ0n) is 19.6. The average Bonchev–Trinajstić information content (AvgIpc) is 3.34. The van der Waals surface area contributed by atoms with Crippen LogP contribution in [-0.4, -0.2) is 0 Å². The van der Waals surface area contributed by atoms with Gasteiger partial charge in [0.1, 0.15) is 5.82 Å². The van der Waals surface area contributed by atoms with E-state index in [4.69, 9.17) is 0 Å². The third-order valence-electron chi connectivity index (χ3n) is 5.76. The van der Waals surface area contributed by atoms with E-state index >= 15 is 4.39 Å². The third kappa shape index (κ3) is 6.12. The van der Waals surface area contributed by atoms with Gasteiger partial charge in [-0.1, -0.05) is 79.0 Å². The number of aryl methyl sites for hydroxylation is 1. The second kappa shape index (κ2) is 11.4. The van der Waals surface area contributed by atoms with Gasteiger partial charge in [0.25, 0.3) is 0 Å². The van der Waals surface area contributed by atoms with Crippen molar-refractivity contribution in [2.45, 2.75) is 59.8 Å². The van der Waals surface area contributed by atoms with Crippen molar-refractivity contribution in [3.8, 4) is 23.7 Å². The standard InChI is InChI=1S/C31H31F/c1-5-23(3)11-14-25(6-2)17-20-29-22-21-28(19-18-26-15-12-24(4)13-16-26)30(31(29)32)27-9-7-8-10-27/h9,11-16,21-22H,5-8,10H2,1-4H3/b23-11-,25-14+. The van der Waals surface area contributed by atoms with Crippen LogP contribution in [0.1, 0.15) is 80.7 Å². The van der Waals surface area contributed by atoms with E-state index in [9.17, 15) is 0 Å². The molecule has 1 heteroatoms. The van der Waals surface area contributed by atoms with Crippen LogP contribution in [0.3, 0.4) is 0 Å². The Hall–Kier alpha value is -3.29. The molecular formula is C31H31F. The first-order chi connectivity index (χ1) is 15.5. The van der Waals surface area contributed by atoms with Crippen LogP contribution < -0.4 is 0 Å². The Morgan fingerprint density at radius 3 is 2.34 bits per heavy atom. The highest BCUT2D eigenvalue weighted by Crippen LogP contribution is 2.33. The Morgan fingerprint density at radius 1 is 0.938 bits per heavy atom. The van der Waals surface area contributed by atoms with Crippen LogP contribution >= 0.6 is 0 Å². The SMILES string of the molecule is CC/C(C)=C\C=C(\C#Cc1ccc(C#Cc2ccc(C)cc2)c(C2=CCCC2)c1F)CC. The topological polar surface area (TPSA) is 0 Å². The van der Waals surface area contributed by atoms with E-state index in [0.717, 1.165) is 54.4 Å². The molecule has 2 aromatic carbocycles. The minimum Gasteiger partial charge on any atom is -0.205 e. The Kier molecular flexibility index (Phi) is 8.30. The maximum atomic E-state index is 15.6. The molecule has 3 rings (SSSR count). The first-order valence-corrected chi connectivity index (χ1v) is 11.5. The summed E-state index contributed by atoms with van der Waals surface area (Å²) in [5.41, 5.74) is 7.27. The van der Waals surface area contributed by atoms with Gasteiger partial charge in [0, 0.05) is 22.3 Å². The molecule has 0 aromatic heterocycles. The molecule has 0 bridgehead atoms. The Balaban J connectivity index is 2.01. The predicted octanol–water partition coefficient (Wildman–Crippen LogP) is 8.15. The normalized spacial score (nSPS) is 13.7. The average molecular weight is 423 g/mol. The lowest BCUT2D eigenvalue weighted by Gasteiger charge is -2.09. The number of benzene rings is 2. The maximum absolute atomic E-state index is 15.6. The van der Waals surface area contributed by atoms with Gasteiger partial charge in [-0.3, -0.25) is 0 Å². The fraction of sp³-hybridized carbons (Fsp3) is 0.290. The van der Waals surface area contributed by atoms with E-state index in [1.54, 1.807) is 6.07 Å². The van der Waals surface area contributed by atoms with Crippen LogP contribution in [0, 0.1) is 36.4 Å². The predicted molar refractivity (Wildman–Crippen MR) is 135 cm³/mol. The van der Waals surface area contributed by atoms with Gasteiger partial charge in [-0.15, -0.1) is 0 Å². The molecule has 0 aliphatic heterocycles. The molecule has 0 N–H and O–H groups in total. The van der Waals surface area contributed by atoms with Gasteiger partial charge in [-0.05, 0) is 75.8 Å². The molecule has 162 valence electrons. The largest absolute Gasteiger partial charge is 0.205 e. The molecule has 0 saturated heterocycles. The summed E-state index contributed by atoms with van der Waals surface area (Å²) in [6.07, 6.45) is 11.0. The van der Waals surface area contributed by atoms with Crippen LogP contribution in [-0.2, 0) is 0 Å². The molecule has 0 spiro atoms. The van der Waals surface area contributed by atoms with Gasteiger partial charge >= 0.3 is 0 Å². The third-order valence-corrected chi connectivity index (χ3v) is 5.76. The van der Waals surface area contributed by atoms with Crippen molar-refractivity contribution in [1.29, 1.82) is 0 Å². The smallest absolute Gasteiger partial charge is 0.147 e. The molecule has 0 fully saturated rings. The van der Waals surface area contributed by atoms with Gasteiger partial charge in [0.05, 0.1) is 5.56 Å². The summed E-state index contributed by atoms with van der Waals surface area (Å²) in [6.45, 7) is 8.37. The zero-order valence-corrected chi connectivity index (χ0v) is 19.6. The van der Waals surface area contributed by atoms with Gasteiger partial charge in [-0.2, -0.15) is 0 Å². The lowest BCUT2D eigenvalue weighted by molar-refractivity contribution is 0.619. The first kappa shape index (κ1) is 23.4. The molecule has 0 amide bonds. The summed E-state index contributed by atoms with van der Waals surface area (Å²) in [7, 11) is 0. The lowest BCUT2D eigenvalue weighted by atomic mass is 9.95. The van der Waals surface area contributed by atoms with E-state index in [2.05, 4.69) is 63.5 Å². The molecule has 0 heterocycles. The Labute approximate surface area is 193 Å². The van der Waals surface area contributed by atoms with Crippen molar-refractivity contribution < 1.29 is 4.39 Å². The van der Waals surface area contributed by atoms with Gasteiger partial charge < -0.3 is 0 Å². The van der Waals surface area contributed by atoms with Gasteiger partial charge in [-0.25, -0.2) is 4.39 Å². The second-order valence-corrected chi connectivity index (χ2v) is 8.25. The first-order valence-electron chi connectivity index (χ1n) is 11.5. The highest BCUT2D eigenvalue weighted by molar-refractivity contribution is 5.74. The van der Waals surface area contributed by atoms with E-state index in [-0.39, 0.29) is 5.82 Å². The minimum absolute atomic E-state index is 0.253. The molecule has 0 saturated carbocycles. The Morgan fingerprint density at radius 2 is 1.69 bits per heavy atom. The fourth-order valence-electron chi connectivity index (χ4n) is 3.52. The van der Waals surface area contributed by atoms with E-state index in [1.807, 2.05) is 36.4 Å². The molecule has 0 nitrogen and oxygen atoms in total. The monoisotopic (exact) mass is 422 g/mol. The molecule has 0 atom stereocenters. The number of allylic oxidation sites excluding steroid dienone is 6. The number of hydrogen-bond acceptors (Lipinski definition) is 0. The molecule has 32 heavy (non-hydrogen) atoms. The van der Waals surface area contributed by atoms with Crippen LogP contribution in [0.4, 0.5) is 4.39 Å². The van der Waals surface area contributed by atoms with Crippen LogP contribution in [0.15, 0.2) is 65.8 Å². The summed E-state index contributed by atoms with van der Waals surface area (Å²) < 4.78 is 15.6. The van der Waals surface area contributed by atoms with Crippen molar-refractivity contribution >= 4 is 5.57 Å². The second-order valence-electron chi connectivity index (χ2n) is 8.25. The van der Waals surface area contributed by atoms with Gasteiger partial charge in [0.2, 0.25) is 0 Å². The molecule has 0 radical (unpaired) electrons. The molecule has 1 aliphatic carbocycles. The summed E-state index contributed by atoms with van der Waals surface area (Å²) >= 11 is 0. The summed E-state index contributed by atoms with van der Waals surface area (Å²) in [5, 5.41) is 0. The van der Waals surface area contributed by atoms with E-state index < -0.39 is 0 Å². The highest BCUT2D eigenvalue weighted by Gasteiger charge is 2.18. The highest BCUT2D eigenvalue weighted by atomic mass is 19.1. The minimum atomic E-state index is -0.253. The molecule has 1 aliphatic rings. The lowest BCUT2D eigenvalue weighted by Crippen LogP contribution is -1.97. The van der Waals surface area contributed by atoms with Crippen molar-refractivity contribution in [1.82, 2.24) is 0 Å². The summed E-state index contributed by atoms with van der Waals surface area (Å²) in [6, 6.07) is 11.8. The number of halogens is 1. The van der Waals surface area contributed by atoms with Crippen molar-refractivity contribution in [2.75, 3.05) is 0 Å². The Bertz CT molecular complexity index is 1180. The van der Waals surface area contributed by atoms with Crippen molar-refractivity contribution in [3.05, 3.63) is 99.4 Å². The molecule has 2 aromatic rings. The molecule has 0 unspecified atom stereocenters. The zero-order chi connectivity index (χ0) is 22.9. The van der Waals surface area contributed by atoms with Gasteiger partial charge in [0.15, 0.2) is 0 Å². The van der Waals surface area contributed by atoms with Crippen molar-refractivity contribution in [3.63, 3.8) is 0 Å². The fourth-order valence-corrected chi connectivity index (χ4v) is 3.52. The number of hydrogen-bond donors (Lipinski definition) is 0. The summed E-state index contributed by atoms with van der Waals surface area (Å²) in [5.74, 6) is 12.4. The van der Waals surface area contributed by atoms with Crippen LogP contribution in [0.5, 0.6) is 0 Å². The van der Waals surface area contributed by atoms with E-state index in [1.165, 1.54) is 11.1 Å². The molecular weight excluding hydrogens is 391 g/mol. The van der Waals surface area contributed by atoms with Crippen molar-refractivity contribution in [2.24, 2.45) is 0 Å². The quantitative estimate of drug-likeness (QED) is 0.344. The number of rotatable bonds is 4. The van der Waals surface area contributed by atoms with Crippen LogP contribution in [0.25, 0.3) is 5.57 Å². The maximum Gasteiger partial charge on any atom is 0.147 e. The summed E-state index contributed by atoms with van der Waals surface area (Å²) in [4.78, 5) is 0.